The minimum absolute atomic E-state index is 0.507. The van der Waals surface area contributed by atoms with Gasteiger partial charge in [-0.3, -0.25) is 0 Å². The lowest BCUT2D eigenvalue weighted by molar-refractivity contribution is 0.456. The molecule has 2 unspecified atom stereocenters. The van der Waals surface area contributed by atoms with Crippen LogP contribution in [0.15, 0.2) is 18.2 Å². The first-order valence-corrected chi connectivity index (χ1v) is 6.23. The van der Waals surface area contributed by atoms with Gasteiger partial charge >= 0.3 is 0 Å². The molecule has 1 nitrogen and oxygen atoms in total. The molecule has 0 heterocycles. The highest BCUT2D eigenvalue weighted by molar-refractivity contribution is 14.1. The standard InChI is InChI=1S/C12H15IO/c1-8-5-6-9(7-8)10-3-2-4-11(13)12(10)14/h2-4,8-9,14H,5-7H2,1H3. The van der Waals surface area contributed by atoms with Crippen molar-refractivity contribution in [3.8, 4) is 5.75 Å². The van der Waals surface area contributed by atoms with Gasteiger partial charge in [-0.15, -0.1) is 0 Å². The van der Waals surface area contributed by atoms with E-state index < -0.39 is 0 Å². The van der Waals surface area contributed by atoms with Crippen LogP contribution in [0.25, 0.3) is 0 Å². The largest absolute Gasteiger partial charge is 0.507 e. The molecule has 0 aliphatic heterocycles. The average molecular weight is 302 g/mol. The van der Waals surface area contributed by atoms with Gasteiger partial charge in [0.25, 0.3) is 0 Å². The molecule has 1 aliphatic carbocycles. The Morgan fingerprint density at radius 1 is 1.36 bits per heavy atom. The first kappa shape index (κ1) is 10.3. The van der Waals surface area contributed by atoms with Crippen LogP contribution >= 0.6 is 22.6 Å². The van der Waals surface area contributed by atoms with Crippen molar-refractivity contribution in [3.05, 3.63) is 27.3 Å². The Hall–Kier alpha value is -0.250. The summed E-state index contributed by atoms with van der Waals surface area (Å²) in [5, 5.41) is 9.94. The monoisotopic (exact) mass is 302 g/mol. The van der Waals surface area contributed by atoms with Gasteiger partial charge in [0.05, 0.1) is 3.57 Å². The van der Waals surface area contributed by atoms with Crippen molar-refractivity contribution in [2.24, 2.45) is 5.92 Å². The summed E-state index contributed by atoms with van der Waals surface area (Å²) in [6.07, 6.45) is 3.76. The zero-order chi connectivity index (χ0) is 10.1. The van der Waals surface area contributed by atoms with Gasteiger partial charge in [-0.2, -0.15) is 0 Å². The smallest absolute Gasteiger partial charge is 0.132 e. The normalized spacial score (nSPS) is 26.7. The van der Waals surface area contributed by atoms with Crippen LogP contribution in [-0.2, 0) is 0 Å². The Kier molecular flexibility index (Phi) is 3.00. The summed E-state index contributed by atoms with van der Waals surface area (Å²) in [6, 6.07) is 6.07. The third-order valence-corrected chi connectivity index (χ3v) is 4.02. The predicted octanol–water partition coefficient (Wildman–Crippen LogP) is 3.90. The van der Waals surface area contributed by atoms with Crippen LogP contribution in [0.2, 0.25) is 0 Å². The minimum atomic E-state index is 0.507. The van der Waals surface area contributed by atoms with Crippen LogP contribution in [-0.4, -0.2) is 5.11 Å². The zero-order valence-electron chi connectivity index (χ0n) is 8.33. The Balaban J connectivity index is 2.28. The van der Waals surface area contributed by atoms with Crippen LogP contribution in [0.4, 0.5) is 0 Å². The second-order valence-corrected chi connectivity index (χ2v) is 5.46. The van der Waals surface area contributed by atoms with Crippen molar-refractivity contribution < 1.29 is 5.11 Å². The van der Waals surface area contributed by atoms with Crippen LogP contribution in [0.3, 0.4) is 0 Å². The Morgan fingerprint density at radius 3 is 2.79 bits per heavy atom. The number of rotatable bonds is 1. The van der Waals surface area contributed by atoms with Gasteiger partial charge in [-0.1, -0.05) is 25.5 Å². The van der Waals surface area contributed by atoms with E-state index in [1.807, 2.05) is 12.1 Å². The summed E-state index contributed by atoms with van der Waals surface area (Å²) in [6.45, 7) is 2.30. The quantitative estimate of drug-likeness (QED) is 0.780. The lowest BCUT2D eigenvalue weighted by atomic mass is 9.96. The molecule has 2 heteroatoms. The average Bonchev–Trinajstić information content (AvgIpc) is 2.57. The molecule has 14 heavy (non-hydrogen) atoms. The topological polar surface area (TPSA) is 20.2 Å². The number of hydrogen-bond donors (Lipinski definition) is 1. The van der Waals surface area contributed by atoms with Gasteiger partial charge < -0.3 is 5.11 Å². The second-order valence-electron chi connectivity index (χ2n) is 4.29. The fraction of sp³-hybridized carbons (Fsp3) is 0.500. The van der Waals surface area contributed by atoms with E-state index in [1.165, 1.54) is 19.3 Å². The van der Waals surface area contributed by atoms with E-state index in [-0.39, 0.29) is 0 Å². The molecule has 0 amide bonds. The van der Waals surface area contributed by atoms with Crippen molar-refractivity contribution in [1.82, 2.24) is 0 Å². The number of halogens is 1. The van der Waals surface area contributed by atoms with Crippen molar-refractivity contribution in [2.45, 2.75) is 32.1 Å². The predicted molar refractivity (Wildman–Crippen MR) is 66.6 cm³/mol. The zero-order valence-corrected chi connectivity index (χ0v) is 10.5. The number of phenolic OH excluding ortho intramolecular Hbond substituents is 1. The molecule has 0 aromatic heterocycles. The van der Waals surface area contributed by atoms with Gasteiger partial charge in [0.2, 0.25) is 0 Å². The third-order valence-electron chi connectivity index (χ3n) is 3.15. The molecule has 1 aromatic carbocycles. The summed E-state index contributed by atoms with van der Waals surface area (Å²) in [4.78, 5) is 0. The van der Waals surface area contributed by atoms with Crippen molar-refractivity contribution in [1.29, 1.82) is 0 Å². The summed E-state index contributed by atoms with van der Waals surface area (Å²) < 4.78 is 0.972. The van der Waals surface area contributed by atoms with Crippen LogP contribution in [0, 0.1) is 9.49 Å². The van der Waals surface area contributed by atoms with Crippen LogP contribution in [0.5, 0.6) is 5.75 Å². The van der Waals surface area contributed by atoms with Crippen LogP contribution < -0.4 is 0 Å². The molecule has 1 fully saturated rings. The molecule has 76 valence electrons. The SMILES string of the molecule is CC1CCC(c2cccc(I)c2O)C1. The van der Waals surface area contributed by atoms with E-state index in [4.69, 9.17) is 0 Å². The fourth-order valence-corrected chi connectivity index (χ4v) is 2.87. The van der Waals surface area contributed by atoms with Gasteiger partial charge in [0, 0.05) is 0 Å². The highest BCUT2D eigenvalue weighted by atomic mass is 127. The summed E-state index contributed by atoms with van der Waals surface area (Å²) >= 11 is 2.19. The lowest BCUT2D eigenvalue weighted by Crippen LogP contribution is -1.95. The second kappa shape index (κ2) is 4.09. The molecule has 0 spiro atoms. The maximum absolute atomic E-state index is 9.94. The number of benzene rings is 1. The number of para-hydroxylation sites is 1. The lowest BCUT2D eigenvalue weighted by Gasteiger charge is -2.12. The fourth-order valence-electron chi connectivity index (χ4n) is 2.35. The molecule has 1 aliphatic rings. The first-order chi connectivity index (χ1) is 6.68. The van der Waals surface area contributed by atoms with E-state index in [1.54, 1.807) is 0 Å². The van der Waals surface area contributed by atoms with E-state index >= 15 is 0 Å². The van der Waals surface area contributed by atoms with E-state index in [9.17, 15) is 5.11 Å². The molecular weight excluding hydrogens is 287 g/mol. The van der Waals surface area contributed by atoms with Crippen LogP contribution in [0.1, 0.15) is 37.7 Å². The molecule has 1 aromatic rings. The van der Waals surface area contributed by atoms with Crippen molar-refractivity contribution in [2.75, 3.05) is 0 Å². The summed E-state index contributed by atoms with van der Waals surface area (Å²) in [7, 11) is 0. The molecule has 0 saturated heterocycles. The number of hydrogen-bond acceptors (Lipinski definition) is 1. The molecule has 0 bridgehead atoms. The molecular formula is C12H15IO. The molecule has 1 saturated carbocycles. The minimum Gasteiger partial charge on any atom is -0.507 e. The van der Waals surface area contributed by atoms with Crippen molar-refractivity contribution >= 4 is 22.6 Å². The maximum Gasteiger partial charge on any atom is 0.132 e. The maximum atomic E-state index is 9.94. The summed E-state index contributed by atoms with van der Waals surface area (Å²) in [5.41, 5.74) is 1.15. The number of phenols is 1. The van der Waals surface area contributed by atoms with Gasteiger partial charge in [0.15, 0.2) is 0 Å². The van der Waals surface area contributed by atoms with Gasteiger partial charge in [0.1, 0.15) is 5.75 Å². The van der Waals surface area contributed by atoms with E-state index in [2.05, 4.69) is 35.6 Å². The van der Waals surface area contributed by atoms with E-state index in [0.29, 0.717) is 11.7 Å². The van der Waals surface area contributed by atoms with Crippen molar-refractivity contribution in [3.63, 3.8) is 0 Å². The third kappa shape index (κ3) is 1.90. The molecule has 2 rings (SSSR count). The van der Waals surface area contributed by atoms with Gasteiger partial charge in [-0.25, -0.2) is 0 Å². The summed E-state index contributed by atoms with van der Waals surface area (Å²) in [5.74, 6) is 1.91. The number of aromatic hydroxyl groups is 1. The molecule has 2 atom stereocenters. The Bertz CT molecular complexity index is 335. The molecule has 1 N–H and O–H groups in total. The molecule has 0 radical (unpaired) electrons. The Morgan fingerprint density at radius 2 is 2.14 bits per heavy atom. The highest BCUT2D eigenvalue weighted by Gasteiger charge is 2.25. The van der Waals surface area contributed by atoms with E-state index in [0.717, 1.165) is 15.1 Å². The Labute approximate surface area is 98.7 Å². The van der Waals surface area contributed by atoms with Gasteiger partial charge in [-0.05, 0) is 58.9 Å². The first-order valence-electron chi connectivity index (χ1n) is 5.16. The highest BCUT2D eigenvalue weighted by Crippen LogP contribution is 2.42.